The van der Waals surface area contributed by atoms with Gasteiger partial charge < -0.3 is 9.84 Å². The first kappa shape index (κ1) is 9.03. The van der Waals surface area contributed by atoms with E-state index in [0.717, 1.165) is 15.8 Å². The fourth-order valence-corrected chi connectivity index (χ4v) is 1.93. The molecule has 1 heterocycles. The summed E-state index contributed by atoms with van der Waals surface area (Å²) in [5.74, 6) is 0.792. The van der Waals surface area contributed by atoms with E-state index < -0.39 is 0 Å². The standard InChI is InChI=1S/C10H11BrO2/c1-6-4-9(12)8-3-2-7(11)5-10(8)13-6/h2-3,5-6,9,12H,4H2,1H3. The average Bonchev–Trinajstić information content (AvgIpc) is 2.02. The molecule has 0 radical (unpaired) electrons. The number of ether oxygens (including phenoxy) is 1. The minimum atomic E-state index is -0.383. The highest BCUT2D eigenvalue weighted by Gasteiger charge is 2.23. The molecule has 1 aromatic carbocycles. The minimum Gasteiger partial charge on any atom is -0.490 e. The van der Waals surface area contributed by atoms with Crippen molar-refractivity contribution in [3.63, 3.8) is 0 Å². The Balaban J connectivity index is 2.43. The molecule has 0 saturated carbocycles. The molecule has 1 aliphatic rings. The molecular formula is C10H11BrO2. The van der Waals surface area contributed by atoms with E-state index in [1.165, 1.54) is 0 Å². The summed E-state index contributed by atoms with van der Waals surface area (Å²) in [6.07, 6.45) is 0.387. The van der Waals surface area contributed by atoms with Gasteiger partial charge >= 0.3 is 0 Å². The van der Waals surface area contributed by atoms with E-state index >= 15 is 0 Å². The molecule has 2 rings (SSSR count). The van der Waals surface area contributed by atoms with Crippen LogP contribution in [0.1, 0.15) is 25.0 Å². The third kappa shape index (κ3) is 1.71. The molecule has 1 aromatic rings. The average molecular weight is 243 g/mol. The maximum absolute atomic E-state index is 9.73. The minimum absolute atomic E-state index is 0.0943. The van der Waals surface area contributed by atoms with Crippen LogP contribution in [0.4, 0.5) is 0 Å². The van der Waals surface area contributed by atoms with Gasteiger partial charge in [-0.15, -0.1) is 0 Å². The zero-order chi connectivity index (χ0) is 9.42. The molecule has 0 bridgehead atoms. The fraction of sp³-hybridized carbons (Fsp3) is 0.400. The molecule has 0 aromatic heterocycles. The molecule has 0 fully saturated rings. The maximum Gasteiger partial charge on any atom is 0.126 e. The van der Waals surface area contributed by atoms with Crippen molar-refractivity contribution in [2.24, 2.45) is 0 Å². The summed E-state index contributed by atoms with van der Waals surface area (Å²) in [4.78, 5) is 0. The number of aliphatic hydroxyl groups is 1. The first-order valence-electron chi connectivity index (χ1n) is 4.31. The Morgan fingerprint density at radius 2 is 2.31 bits per heavy atom. The van der Waals surface area contributed by atoms with Gasteiger partial charge in [0.05, 0.1) is 12.2 Å². The van der Waals surface area contributed by atoms with Crippen molar-refractivity contribution in [1.29, 1.82) is 0 Å². The Hall–Kier alpha value is -0.540. The van der Waals surface area contributed by atoms with E-state index in [0.29, 0.717) is 6.42 Å². The number of hydrogen-bond acceptors (Lipinski definition) is 2. The van der Waals surface area contributed by atoms with Gasteiger partial charge in [-0.3, -0.25) is 0 Å². The van der Waals surface area contributed by atoms with Crippen LogP contribution in [0.2, 0.25) is 0 Å². The molecular weight excluding hydrogens is 232 g/mol. The Morgan fingerprint density at radius 1 is 1.54 bits per heavy atom. The van der Waals surface area contributed by atoms with Gasteiger partial charge in [0.25, 0.3) is 0 Å². The van der Waals surface area contributed by atoms with E-state index in [4.69, 9.17) is 4.74 Å². The van der Waals surface area contributed by atoms with Gasteiger partial charge in [-0.05, 0) is 19.1 Å². The summed E-state index contributed by atoms with van der Waals surface area (Å²) in [6.45, 7) is 1.97. The number of halogens is 1. The third-order valence-electron chi connectivity index (χ3n) is 2.22. The number of hydrogen-bond donors (Lipinski definition) is 1. The van der Waals surface area contributed by atoms with E-state index in [1.807, 2.05) is 25.1 Å². The maximum atomic E-state index is 9.73. The van der Waals surface area contributed by atoms with E-state index in [9.17, 15) is 5.11 Å². The normalized spacial score (nSPS) is 26.4. The van der Waals surface area contributed by atoms with Crippen LogP contribution in [0.3, 0.4) is 0 Å². The molecule has 2 nitrogen and oxygen atoms in total. The second kappa shape index (κ2) is 3.31. The smallest absolute Gasteiger partial charge is 0.126 e. The first-order valence-corrected chi connectivity index (χ1v) is 5.10. The summed E-state index contributed by atoms with van der Waals surface area (Å²) < 4.78 is 6.57. The topological polar surface area (TPSA) is 29.5 Å². The van der Waals surface area contributed by atoms with Crippen LogP contribution >= 0.6 is 15.9 Å². The van der Waals surface area contributed by atoms with Gasteiger partial charge in [0.15, 0.2) is 0 Å². The summed E-state index contributed by atoms with van der Waals surface area (Å²) in [7, 11) is 0. The molecule has 0 saturated heterocycles. The van der Waals surface area contributed by atoms with Crippen molar-refractivity contribution in [3.05, 3.63) is 28.2 Å². The Labute approximate surface area is 85.7 Å². The molecule has 0 aliphatic carbocycles. The number of aliphatic hydroxyl groups excluding tert-OH is 1. The Kier molecular flexibility index (Phi) is 2.30. The van der Waals surface area contributed by atoms with Gasteiger partial charge in [0.1, 0.15) is 5.75 Å². The number of benzene rings is 1. The molecule has 1 aliphatic heterocycles. The van der Waals surface area contributed by atoms with Gasteiger partial charge in [0.2, 0.25) is 0 Å². The molecule has 0 amide bonds. The van der Waals surface area contributed by atoms with E-state index in [1.54, 1.807) is 0 Å². The zero-order valence-electron chi connectivity index (χ0n) is 7.33. The highest BCUT2D eigenvalue weighted by Crippen LogP contribution is 2.36. The highest BCUT2D eigenvalue weighted by atomic mass is 79.9. The van der Waals surface area contributed by atoms with Crippen molar-refractivity contribution < 1.29 is 9.84 Å². The lowest BCUT2D eigenvalue weighted by Crippen LogP contribution is -2.22. The van der Waals surface area contributed by atoms with Gasteiger partial charge in [-0.2, -0.15) is 0 Å². The SMILES string of the molecule is CC1CC(O)c2ccc(Br)cc2O1. The molecule has 0 spiro atoms. The lowest BCUT2D eigenvalue weighted by atomic mass is 10.00. The van der Waals surface area contributed by atoms with Crippen LogP contribution in [-0.2, 0) is 0 Å². The van der Waals surface area contributed by atoms with E-state index in [-0.39, 0.29) is 12.2 Å². The zero-order valence-corrected chi connectivity index (χ0v) is 8.91. The molecule has 13 heavy (non-hydrogen) atoms. The summed E-state index contributed by atoms with van der Waals surface area (Å²) in [5.41, 5.74) is 0.890. The monoisotopic (exact) mass is 242 g/mol. The van der Waals surface area contributed by atoms with E-state index in [2.05, 4.69) is 15.9 Å². The summed E-state index contributed by atoms with van der Waals surface area (Å²) in [6, 6.07) is 5.71. The third-order valence-corrected chi connectivity index (χ3v) is 2.71. The van der Waals surface area contributed by atoms with Gasteiger partial charge in [0, 0.05) is 16.5 Å². The second-order valence-electron chi connectivity index (χ2n) is 3.36. The van der Waals surface area contributed by atoms with Crippen molar-refractivity contribution in [1.82, 2.24) is 0 Å². The van der Waals surface area contributed by atoms with Crippen LogP contribution in [0.25, 0.3) is 0 Å². The fourth-order valence-electron chi connectivity index (χ4n) is 1.59. The number of fused-ring (bicyclic) bond motifs is 1. The predicted molar refractivity (Wildman–Crippen MR) is 53.8 cm³/mol. The molecule has 3 heteroatoms. The summed E-state index contributed by atoms with van der Waals surface area (Å²) >= 11 is 3.37. The van der Waals surface area contributed by atoms with Crippen molar-refractivity contribution in [3.8, 4) is 5.75 Å². The predicted octanol–water partition coefficient (Wildman–Crippen LogP) is 2.65. The van der Waals surface area contributed by atoms with Crippen LogP contribution in [-0.4, -0.2) is 11.2 Å². The quantitative estimate of drug-likeness (QED) is 0.759. The van der Waals surface area contributed by atoms with Crippen molar-refractivity contribution >= 4 is 15.9 Å². The number of rotatable bonds is 0. The Morgan fingerprint density at radius 3 is 3.08 bits per heavy atom. The molecule has 1 N–H and O–H groups in total. The largest absolute Gasteiger partial charge is 0.490 e. The lowest BCUT2D eigenvalue weighted by Gasteiger charge is -2.27. The first-order chi connectivity index (χ1) is 6.16. The highest BCUT2D eigenvalue weighted by molar-refractivity contribution is 9.10. The van der Waals surface area contributed by atoms with Gasteiger partial charge in [-0.25, -0.2) is 0 Å². The molecule has 2 unspecified atom stereocenters. The Bertz CT molecular complexity index is 325. The summed E-state index contributed by atoms with van der Waals surface area (Å²) in [5, 5.41) is 9.73. The second-order valence-corrected chi connectivity index (χ2v) is 4.28. The van der Waals surface area contributed by atoms with Crippen LogP contribution < -0.4 is 4.74 Å². The van der Waals surface area contributed by atoms with Crippen molar-refractivity contribution in [2.45, 2.75) is 25.6 Å². The molecule has 2 atom stereocenters. The molecule has 70 valence electrons. The van der Waals surface area contributed by atoms with Crippen LogP contribution in [0.5, 0.6) is 5.75 Å². The van der Waals surface area contributed by atoms with Crippen LogP contribution in [0.15, 0.2) is 22.7 Å². The lowest BCUT2D eigenvalue weighted by molar-refractivity contribution is 0.0749. The van der Waals surface area contributed by atoms with Crippen molar-refractivity contribution in [2.75, 3.05) is 0 Å². The van der Waals surface area contributed by atoms with Crippen LogP contribution in [0, 0.1) is 0 Å². The van der Waals surface area contributed by atoms with Gasteiger partial charge in [-0.1, -0.05) is 22.0 Å².